The third-order valence-electron chi connectivity index (χ3n) is 2.01. The summed E-state index contributed by atoms with van der Waals surface area (Å²) >= 11 is 0. The van der Waals surface area contributed by atoms with Crippen LogP contribution in [0.2, 0.25) is 0 Å². The van der Waals surface area contributed by atoms with E-state index in [1.165, 1.54) is 19.3 Å². The monoisotopic (exact) mass is 157 g/mol. The standard InChI is InChI=1S/C10H23N/c1-8(2)5-6-9(3)7-10(4)11/h8-10H,5-7,11H2,1-4H3/t9-,10?/m1/s1. The molecule has 0 heterocycles. The Kier molecular flexibility index (Phi) is 5.57. The highest BCUT2D eigenvalue weighted by molar-refractivity contribution is 4.61. The number of hydrogen-bond acceptors (Lipinski definition) is 1. The average molecular weight is 157 g/mol. The van der Waals surface area contributed by atoms with Gasteiger partial charge < -0.3 is 5.73 Å². The van der Waals surface area contributed by atoms with Gasteiger partial charge in [-0.15, -0.1) is 0 Å². The summed E-state index contributed by atoms with van der Waals surface area (Å²) in [6.07, 6.45) is 3.85. The molecule has 0 spiro atoms. The quantitative estimate of drug-likeness (QED) is 0.652. The van der Waals surface area contributed by atoms with Crippen molar-refractivity contribution < 1.29 is 0 Å². The predicted octanol–water partition coefficient (Wildman–Crippen LogP) is 2.80. The molecule has 11 heavy (non-hydrogen) atoms. The second kappa shape index (κ2) is 5.59. The van der Waals surface area contributed by atoms with Crippen LogP contribution in [0.5, 0.6) is 0 Å². The van der Waals surface area contributed by atoms with Gasteiger partial charge in [0.2, 0.25) is 0 Å². The average Bonchev–Trinajstić information content (AvgIpc) is 1.82. The van der Waals surface area contributed by atoms with Crippen LogP contribution in [0.3, 0.4) is 0 Å². The van der Waals surface area contributed by atoms with E-state index >= 15 is 0 Å². The smallest absolute Gasteiger partial charge is 0.00130 e. The van der Waals surface area contributed by atoms with Crippen LogP contribution in [0.15, 0.2) is 0 Å². The highest BCUT2D eigenvalue weighted by Crippen LogP contribution is 2.15. The molecule has 0 fully saturated rings. The van der Waals surface area contributed by atoms with E-state index in [0.29, 0.717) is 6.04 Å². The maximum atomic E-state index is 5.70. The Balaban J connectivity index is 3.29. The van der Waals surface area contributed by atoms with Crippen molar-refractivity contribution in [3.05, 3.63) is 0 Å². The van der Waals surface area contributed by atoms with Crippen LogP contribution in [-0.4, -0.2) is 6.04 Å². The molecule has 1 unspecified atom stereocenters. The summed E-state index contributed by atoms with van der Waals surface area (Å²) in [6.45, 7) is 8.94. The molecule has 68 valence electrons. The van der Waals surface area contributed by atoms with Crippen molar-refractivity contribution in [2.24, 2.45) is 17.6 Å². The van der Waals surface area contributed by atoms with Gasteiger partial charge >= 0.3 is 0 Å². The van der Waals surface area contributed by atoms with Gasteiger partial charge in [-0.05, 0) is 25.2 Å². The highest BCUT2D eigenvalue weighted by Gasteiger charge is 2.05. The fourth-order valence-corrected chi connectivity index (χ4v) is 1.37. The molecule has 0 saturated carbocycles. The molecule has 0 aliphatic heterocycles. The Morgan fingerprint density at radius 1 is 1.00 bits per heavy atom. The van der Waals surface area contributed by atoms with Crippen LogP contribution in [0, 0.1) is 11.8 Å². The van der Waals surface area contributed by atoms with Gasteiger partial charge in [-0.2, -0.15) is 0 Å². The van der Waals surface area contributed by atoms with Gasteiger partial charge in [-0.3, -0.25) is 0 Å². The molecule has 0 saturated heterocycles. The molecule has 0 amide bonds. The number of nitrogens with two attached hydrogens (primary N) is 1. The third-order valence-corrected chi connectivity index (χ3v) is 2.01. The maximum Gasteiger partial charge on any atom is 0.00130 e. The Morgan fingerprint density at radius 2 is 1.55 bits per heavy atom. The molecule has 2 atom stereocenters. The van der Waals surface area contributed by atoms with E-state index in [1.807, 2.05) is 0 Å². The van der Waals surface area contributed by atoms with Crippen LogP contribution >= 0.6 is 0 Å². The molecule has 1 heteroatoms. The minimum absolute atomic E-state index is 0.372. The van der Waals surface area contributed by atoms with Crippen molar-refractivity contribution in [3.63, 3.8) is 0 Å². The predicted molar refractivity (Wildman–Crippen MR) is 51.5 cm³/mol. The van der Waals surface area contributed by atoms with E-state index in [2.05, 4.69) is 27.7 Å². The summed E-state index contributed by atoms with van der Waals surface area (Å²) in [5.41, 5.74) is 5.70. The van der Waals surface area contributed by atoms with Gasteiger partial charge in [0.15, 0.2) is 0 Å². The van der Waals surface area contributed by atoms with E-state index in [0.717, 1.165) is 11.8 Å². The summed E-state index contributed by atoms with van der Waals surface area (Å²) in [6, 6.07) is 0.372. The minimum Gasteiger partial charge on any atom is -0.328 e. The second-order valence-electron chi connectivity index (χ2n) is 4.29. The molecule has 0 aliphatic rings. The van der Waals surface area contributed by atoms with Crippen LogP contribution in [-0.2, 0) is 0 Å². The van der Waals surface area contributed by atoms with E-state index < -0.39 is 0 Å². The maximum absolute atomic E-state index is 5.70. The van der Waals surface area contributed by atoms with Crippen molar-refractivity contribution in [1.82, 2.24) is 0 Å². The van der Waals surface area contributed by atoms with E-state index in [1.54, 1.807) is 0 Å². The number of rotatable bonds is 5. The summed E-state index contributed by atoms with van der Waals surface area (Å²) in [5, 5.41) is 0. The first-order chi connectivity index (χ1) is 5.02. The fraction of sp³-hybridized carbons (Fsp3) is 1.00. The molecule has 0 rings (SSSR count). The zero-order chi connectivity index (χ0) is 8.85. The van der Waals surface area contributed by atoms with Gasteiger partial charge in [0.1, 0.15) is 0 Å². The fourth-order valence-electron chi connectivity index (χ4n) is 1.37. The van der Waals surface area contributed by atoms with Crippen LogP contribution in [0.1, 0.15) is 47.0 Å². The minimum atomic E-state index is 0.372. The molecular formula is C10H23N. The lowest BCUT2D eigenvalue weighted by atomic mass is 9.94. The largest absolute Gasteiger partial charge is 0.328 e. The van der Waals surface area contributed by atoms with Crippen molar-refractivity contribution in [3.8, 4) is 0 Å². The topological polar surface area (TPSA) is 26.0 Å². The van der Waals surface area contributed by atoms with Gasteiger partial charge in [0, 0.05) is 6.04 Å². The van der Waals surface area contributed by atoms with Crippen molar-refractivity contribution in [2.45, 2.75) is 53.0 Å². The lowest BCUT2D eigenvalue weighted by Gasteiger charge is -2.14. The lowest BCUT2D eigenvalue weighted by molar-refractivity contribution is 0.405. The first kappa shape index (κ1) is 11.0. The van der Waals surface area contributed by atoms with Crippen LogP contribution < -0.4 is 5.73 Å². The van der Waals surface area contributed by atoms with Crippen LogP contribution in [0.25, 0.3) is 0 Å². The van der Waals surface area contributed by atoms with Gasteiger partial charge in [0.05, 0.1) is 0 Å². The Hall–Kier alpha value is -0.0400. The molecule has 0 aromatic rings. The normalized spacial score (nSPS) is 16.9. The summed E-state index contributed by atoms with van der Waals surface area (Å²) in [7, 11) is 0. The van der Waals surface area contributed by atoms with Crippen molar-refractivity contribution in [1.29, 1.82) is 0 Å². The Morgan fingerprint density at radius 3 is 1.91 bits per heavy atom. The zero-order valence-corrected chi connectivity index (χ0v) is 8.43. The SMILES string of the molecule is CC(C)CC[C@@H](C)CC(C)N. The highest BCUT2D eigenvalue weighted by atomic mass is 14.6. The molecule has 0 aliphatic carbocycles. The van der Waals surface area contributed by atoms with E-state index in [9.17, 15) is 0 Å². The van der Waals surface area contributed by atoms with Crippen LogP contribution in [0.4, 0.5) is 0 Å². The Bertz CT molecular complexity index is 86.9. The molecule has 2 N–H and O–H groups in total. The zero-order valence-electron chi connectivity index (χ0n) is 8.43. The van der Waals surface area contributed by atoms with Gasteiger partial charge in [-0.1, -0.05) is 33.6 Å². The van der Waals surface area contributed by atoms with Gasteiger partial charge in [0.25, 0.3) is 0 Å². The van der Waals surface area contributed by atoms with Crippen molar-refractivity contribution >= 4 is 0 Å². The first-order valence-electron chi connectivity index (χ1n) is 4.78. The molecule has 0 aromatic heterocycles. The summed E-state index contributed by atoms with van der Waals surface area (Å²) in [5.74, 6) is 1.64. The summed E-state index contributed by atoms with van der Waals surface area (Å²) < 4.78 is 0. The molecule has 0 aromatic carbocycles. The first-order valence-corrected chi connectivity index (χ1v) is 4.78. The lowest BCUT2D eigenvalue weighted by Crippen LogP contribution is -2.18. The Labute approximate surface area is 71.4 Å². The molecular weight excluding hydrogens is 134 g/mol. The van der Waals surface area contributed by atoms with Crippen molar-refractivity contribution in [2.75, 3.05) is 0 Å². The summed E-state index contributed by atoms with van der Waals surface area (Å²) in [4.78, 5) is 0. The number of hydrogen-bond donors (Lipinski definition) is 1. The molecule has 0 radical (unpaired) electrons. The second-order valence-corrected chi connectivity index (χ2v) is 4.29. The molecule has 0 bridgehead atoms. The van der Waals surface area contributed by atoms with E-state index in [-0.39, 0.29) is 0 Å². The molecule has 1 nitrogen and oxygen atoms in total. The van der Waals surface area contributed by atoms with Gasteiger partial charge in [-0.25, -0.2) is 0 Å². The van der Waals surface area contributed by atoms with E-state index in [4.69, 9.17) is 5.73 Å². The third kappa shape index (κ3) is 7.86.